The molecule has 3 N–H and O–H groups in total. The Hall–Kier alpha value is -1.72. The number of aromatic nitrogens is 2. The highest BCUT2D eigenvalue weighted by atomic mass is 35.5. The first-order valence-corrected chi connectivity index (χ1v) is 6.72. The summed E-state index contributed by atoms with van der Waals surface area (Å²) in [5.74, 6) is 0.746. The van der Waals surface area contributed by atoms with Gasteiger partial charge in [-0.25, -0.2) is 4.98 Å². The van der Waals surface area contributed by atoms with Crippen molar-refractivity contribution < 1.29 is 4.74 Å². The lowest BCUT2D eigenvalue weighted by Gasteiger charge is -2.14. The second-order valence-corrected chi connectivity index (χ2v) is 5.12. The molecule has 2 rings (SSSR count). The van der Waals surface area contributed by atoms with Gasteiger partial charge < -0.3 is 15.8 Å². The van der Waals surface area contributed by atoms with Gasteiger partial charge in [0.25, 0.3) is 0 Å². The van der Waals surface area contributed by atoms with E-state index in [-0.39, 0.29) is 6.10 Å². The Morgan fingerprint density at radius 3 is 2.70 bits per heavy atom. The SMILES string of the molecule is CC(C)Oc1ncnc(Nc2cccc(Cl)c2Cl)c1N. The monoisotopic (exact) mass is 312 g/mol. The molecule has 2 aromatic rings. The van der Waals surface area contributed by atoms with Crippen LogP contribution in [0.5, 0.6) is 5.88 Å². The van der Waals surface area contributed by atoms with Gasteiger partial charge in [0.05, 0.1) is 21.8 Å². The summed E-state index contributed by atoms with van der Waals surface area (Å²) in [6.07, 6.45) is 1.34. The maximum Gasteiger partial charge on any atom is 0.242 e. The topological polar surface area (TPSA) is 73.1 Å². The van der Waals surface area contributed by atoms with Crippen LogP contribution in [0.2, 0.25) is 10.0 Å². The van der Waals surface area contributed by atoms with Crippen molar-refractivity contribution in [1.29, 1.82) is 0 Å². The third-order valence-corrected chi connectivity index (χ3v) is 3.22. The first-order valence-electron chi connectivity index (χ1n) is 5.97. The van der Waals surface area contributed by atoms with Crippen LogP contribution in [-0.2, 0) is 0 Å². The molecule has 106 valence electrons. The van der Waals surface area contributed by atoms with Gasteiger partial charge in [-0.1, -0.05) is 29.3 Å². The third-order valence-electron chi connectivity index (χ3n) is 2.40. The standard InChI is InChI=1S/C13H14Cl2N4O/c1-7(2)20-13-11(16)12(17-6-18-13)19-9-5-3-4-8(14)10(9)15/h3-7H,16H2,1-2H3,(H,17,18,19). The van der Waals surface area contributed by atoms with Crippen molar-refractivity contribution in [2.24, 2.45) is 0 Å². The Labute approximate surface area is 127 Å². The van der Waals surface area contributed by atoms with Crippen LogP contribution in [-0.4, -0.2) is 16.1 Å². The molecular formula is C13H14Cl2N4O. The Morgan fingerprint density at radius 1 is 1.25 bits per heavy atom. The van der Waals surface area contributed by atoms with Gasteiger partial charge in [0, 0.05) is 0 Å². The smallest absolute Gasteiger partial charge is 0.242 e. The van der Waals surface area contributed by atoms with E-state index in [0.29, 0.717) is 33.1 Å². The lowest BCUT2D eigenvalue weighted by atomic mass is 10.3. The highest BCUT2D eigenvalue weighted by molar-refractivity contribution is 6.43. The number of nitrogens with one attached hydrogen (secondary N) is 1. The molecule has 0 fully saturated rings. The van der Waals surface area contributed by atoms with Gasteiger partial charge >= 0.3 is 0 Å². The zero-order chi connectivity index (χ0) is 14.7. The molecule has 1 heterocycles. The number of ether oxygens (including phenoxy) is 1. The number of anilines is 3. The number of nitrogen functional groups attached to an aromatic ring is 1. The fourth-order valence-electron chi connectivity index (χ4n) is 1.52. The fourth-order valence-corrected chi connectivity index (χ4v) is 1.87. The van der Waals surface area contributed by atoms with Crippen LogP contribution in [0.1, 0.15) is 13.8 Å². The summed E-state index contributed by atoms with van der Waals surface area (Å²) in [7, 11) is 0. The summed E-state index contributed by atoms with van der Waals surface area (Å²) < 4.78 is 5.50. The molecule has 0 spiro atoms. The van der Waals surface area contributed by atoms with Crippen LogP contribution in [0.25, 0.3) is 0 Å². The molecule has 7 heteroatoms. The highest BCUT2D eigenvalue weighted by Crippen LogP contribution is 2.34. The van der Waals surface area contributed by atoms with Gasteiger partial charge in [-0.05, 0) is 26.0 Å². The fraction of sp³-hybridized carbons (Fsp3) is 0.231. The minimum Gasteiger partial charge on any atom is -0.473 e. The maximum atomic E-state index is 6.11. The Balaban J connectivity index is 2.32. The Kier molecular flexibility index (Phi) is 4.52. The van der Waals surface area contributed by atoms with Crippen LogP contribution >= 0.6 is 23.2 Å². The van der Waals surface area contributed by atoms with E-state index in [1.165, 1.54) is 6.33 Å². The Morgan fingerprint density at radius 2 is 2.00 bits per heavy atom. The molecule has 1 aromatic heterocycles. The van der Waals surface area contributed by atoms with Gasteiger partial charge in [-0.3, -0.25) is 0 Å². The van der Waals surface area contributed by atoms with Crippen molar-refractivity contribution in [1.82, 2.24) is 9.97 Å². The largest absolute Gasteiger partial charge is 0.473 e. The second-order valence-electron chi connectivity index (χ2n) is 4.33. The predicted octanol–water partition coefficient (Wildman–Crippen LogP) is 3.90. The normalized spacial score (nSPS) is 10.7. The number of hydrogen-bond acceptors (Lipinski definition) is 5. The quantitative estimate of drug-likeness (QED) is 0.895. The van der Waals surface area contributed by atoms with Crippen molar-refractivity contribution in [3.63, 3.8) is 0 Å². The van der Waals surface area contributed by atoms with Crippen molar-refractivity contribution in [2.45, 2.75) is 20.0 Å². The number of benzene rings is 1. The van der Waals surface area contributed by atoms with Crippen LogP contribution < -0.4 is 15.8 Å². The predicted molar refractivity (Wildman–Crippen MR) is 82.0 cm³/mol. The first kappa shape index (κ1) is 14.7. The number of rotatable bonds is 4. The molecule has 0 saturated heterocycles. The molecule has 0 amide bonds. The van der Waals surface area contributed by atoms with E-state index in [2.05, 4.69) is 15.3 Å². The average Bonchev–Trinajstić information content (AvgIpc) is 2.39. The minimum absolute atomic E-state index is 0.0326. The van der Waals surface area contributed by atoms with Crippen LogP contribution in [0, 0.1) is 0 Å². The molecule has 0 saturated carbocycles. The molecule has 0 radical (unpaired) electrons. The number of nitrogens with zero attached hydrogens (tertiary/aromatic N) is 2. The molecule has 0 aliphatic rings. The molecule has 20 heavy (non-hydrogen) atoms. The average molecular weight is 313 g/mol. The summed E-state index contributed by atoms with van der Waals surface area (Å²) >= 11 is 12.1. The van der Waals surface area contributed by atoms with Gasteiger partial charge in [0.15, 0.2) is 5.82 Å². The molecule has 0 bridgehead atoms. The second kappa shape index (κ2) is 6.15. The lowest BCUT2D eigenvalue weighted by molar-refractivity contribution is 0.234. The van der Waals surface area contributed by atoms with Gasteiger partial charge in [-0.2, -0.15) is 4.98 Å². The van der Waals surface area contributed by atoms with E-state index in [4.69, 9.17) is 33.7 Å². The van der Waals surface area contributed by atoms with Crippen LogP contribution in [0.4, 0.5) is 17.2 Å². The van der Waals surface area contributed by atoms with E-state index < -0.39 is 0 Å². The number of hydrogen-bond donors (Lipinski definition) is 2. The lowest BCUT2D eigenvalue weighted by Crippen LogP contribution is -2.10. The van der Waals surface area contributed by atoms with Crippen molar-refractivity contribution in [2.75, 3.05) is 11.1 Å². The van der Waals surface area contributed by atoms with Crippen molar-refractivity contribution in [3.05, 3.63) is 34.6 Å². The zero-order valence-electron chi connectivity index (χ0n) is 11.0. The molecule has 0 aliphatic carbocycles. The van der Waals surface area contributed by atoms with E-state index in [0.717, 1.165) is 0 Å². The van der Waals surface area contributed by atoms with Crippen molar-refractivity contribution in [3.8, 4) is 5.88 Å². The Bertz CT molecular complexity index is 619. The van der Waals surface area contributed by atoms with E-state index in [1.54, 1.807) is 18.2 Å². The molecule has 0 aliphatic heterocycles. The number of nitrogens with two attached hydrogens (primary N) is 1. The molecule has 5 nitrogen and oxygen atoms in total. The maximum absolute atomic E-state index is 6.11. The molecular weight excluding hydrogens is 299 g/mol. The molecule has 0 atom stereocenters. The van der Waals surface area contributed by atoms with Crippen molar-refractivity contribution >= 4 is 40.4 Å². The highest BCUT2D eigenvalue weighted by Gasteiger charge is 2.12. The van der Waals surface area contributed by atoms with Gasteiger partial charge in [-0.15, -0.1) is 0 Å². The first-order chi connectivity index (χ1) is 9.49. The van der Waals surface area contributed by atoms with E-state index in [1.807, 2.05) is 13.8 Å². The van der Waals surface area contributed by atoms with Gasteiger partial charge in [0.1, 0.15) is 12.0 Å². The summed E-state index contributed by atoms with van der Waals surface area (Å²) in [4.78, 5) is 8.09. The summed E-state index contributed by atoms with van der Waals surface area (Å²) in [6.45, 7) is 3.78. The van der Waals surface area contributed by atoms with E-state index in [9.17, 15) is 0 Å². The summed E-state index contributed by atoms with van der Waals surface area (Å²) in [5.41, 5.74) is 6.91. The summed E-state index contributed by atoms with van der Waals surface area (Å²) in [6, 6.07) is 5.25. The zero-order valence-corrected chi connectivity index (χ0v) is 12.5. The van der Waals surface area contributed by atoms with Crippen LogP contribution in [0.15, 0.2) is 24.5 Å². The van der Waals surface area contributed by atoms with Crippen LogP contribution in [0.3, 0.4) is 0 Å². The molecule has 0 unspecified atom stereocenters. The molecule has 1 aromatic carbocycles. The minimum atomic E-state index is -0.0326. The van der Waals surface area contributed by atoms with Gasteiger partial charge in [0.2, 0.25) is 5.88 Å². The third kappa shape index (κ3) is 3.23. The summed E-state index contributed by atoms with van der Waals surface area (Å²) in [5, 5.41) is 3.87. The number of halogens is 2. The van der Waals surface area contributed by atoms with E-state index >= 15 is 0 Å².